The SMILES string of the molecule is CC(C)(C)OC(=O)c1cc[nH]c1-c1ncc(-c2ccc3c(c2)O[C@@H](c2ccccc2)n2c(Br)cnc2-3)[nH]1. The van der Waals surface area contributed by atoms with Crippen molar-refractivity contribution in [2.45, 2.75) is 32.6 Å². The van der Waals surface area contributed by atoms with E-state index < -0.39 is 11.6 Å². The quantitative estimate of drug-likeness (QED) is 0.243. The number of ether oxygens (including phenoxy) is 2. The maximum absolute atomic E-state index is 12.7. The maximum atomic E-state index is 12.7. The van der Waals surface area contributed by atoms with Crippen LogP contribution in [-0.4, -0.2) is 36.1 Å². The third kappa shape index (κ3) is 4.25. The Balaban J connectivity index is 1.35. The van der Waals surface area contributed by atoms with E-state index in [4.69, 9.17) is 9.47 Å². The van der Waals surface area contributed by atoms with Crippen LogP contribution in [0.1, 0.15) is 42.9 Å². The van der Waals surface area contributed by atoms with Crippen molar-refractivity contribution in [1.29, 1.82) is 0 Å². The predicted molar refractivity (Wildman–Crippen MR) is 143 cm³/mol. The van der Waals surface area contributed by atoms with Crippen LogP contribution in [0.5, 0.6) is 5.75 Å². The minimum atomic E-state index is -0.592. The highest BCUT2D eigenvalue weighted by molar-refractivity contribution is 9.10. The number of hydrogen-bond acceptors (Lipinski definition) is 5. The van der Waals surface area contributed by atoms with E-state index in [1.54, 1.807) is 24.7 Å². The van der Waals surface area contributed by atoms with Gasteiger partial charge in [-0.3, -0.25) is 4.57 Å². The summed E-state index contributed by atoms with van der Waals surface area (Å²) in [6, 6.07) is 17.7. The lowest BCUT2D eigenvalue weighted by Crippen LogP contribution is -2.24. The molecule has 9 heteroatoms. The molecular formula is C28H24BrN5O3. The van der Waals surface area contributed by atoms with Crippen molar-refractivity contribution in [3.63, 3.8) is 0 Å². The van der Waals surface area contributed by atoms with Crippen molar-refractivity contribution < 1.29 is 14.3 Å². The van der Waals surface area contributed by atoms with Gasteiger partial charge in [0.15, 0.2) is 5.82 Å². The summed E-state index contributed by atoms with van der Waals surface area (Å²) < 4.78 is 14.9. The lowest BCUT2D eigenvalue weighted by Gasteiger charge is -2.29. The molecule has 4 heterocycles. The van der Waals surface area contributed by atoms with Crippen molar-refractivity contribution in [2.75, 3.05) is 0 Å². The first kappa shape index (κ1) is 23.3. The molecule has 8 nitrogen and oxygen atoms in total. The number of imidazole rings is 2. The number of fused-ring (bicyclic) bond motifs is 3. The van der Waals surface area contributed by atoms with Gasteiger partial charge in [0.05, 0.1) is 34.9 Å². The van der Waals surface area contributed by atoms with Crippen molar-refractivity contribution in [1.82, 2.24) is 24.5 Å². The van der Waals surface area contributed by atoms with Crippen molar-refractivity contribution >= 4 is 21.9 Å². The molecule has 0 saturated carbocycles. The normalized spacial score (nSPS) is 14.5. The number of carbonyl (C=O) groups excluding carboxylic acids is 1. The minimum absolute atomic E-state index is 0.358. The van der Waals surface area contributed by atoms with Crippen LogP contribution >= 0.6 is 15.9 Å². The number of rotatable bonds is 4. The molecule has 1 aliphatic rings. The first-order chi connectivity index (χ1) is 17.8. The zero-order valence-corrected chi connectivity index (χ0v) is 22.0. The zero-order chi connectivity index (χ0) is 25.7. The molecule has 1 atom stereocenters. The lowest BCUT2D eigenvalue weighted by atomic mass is 10.1. The molecule has 3 aromatic heterocycles. The number of aromatic amines is 2. The summed E-state index contributed by atoms with van der Waals surface area (Å²) in [4.78, 5) is 28.3. The van der Waals surface area contributed by atoms with Crippen LogP contribution in [0.4, 0.5) is 0 Å². The van der Waals surface area contributed by atoms with Crippen molar-refractivity contribution in [2.24, 2.45) is 0 Å². The van der Waals surface area contributed by atoms with Crippen LogP contribution in [0, 0.1) is 0 Å². The van der Waals surface area contributed by atoms with E-state index in [9.17, 15) is 4.79 Å². The molecule has 37 heavy (non-hydrogen) atoms. The fourth-order valence-electron chi connectivity index (χ4n) is 4.41. The molecule has 0 aliphatic carbocycles. The van der Waals surface area contributed by atoms with Gasteiger partial charge in [-0.15, -0.1) is 0 Å². The average molecular weight is 558 g/mol. The first-order valence-electron chi connectivity index (χ1n) is 11.8. The molecule has 5 aromatic rings. The number of aromatic nitrogens is 5. The number of halogens is 1. The van der Waals surface area contributed by atoms with Crippen LogP contribution in [0.25, 0.3) is 34.2 Å². The zero-order valence-electron chi connectivity index (χ0n) is 20.4. The van der Waals surface area contributed by atoms with Gasteiger partial charge in [0.2, 0.25) is 6.23 Å². The fourth-order valence-corrected chi connectivity index (χ4v) is 4.86. The summed E-state index contributed by atoms with van der Waals surface area (Å²) >= 11 is 3.62. The highest BCUT2D eigenvalue weighted by Crippen LogP contribution is 2.43. The van der Waals surface area contributed by atoms with Gasteiger partial charge in [-0.05, 0) is 54.9 Å². The third-order valence-electron chi connectivity index (χ3n) is 6.02. The van der Waals surface area contributed by atoms with E-state index in [-0.39, 0.29) is 6.23 Å². The molecule has 1 aliphatic heterocycles. The fraction of sp³-hybridized carbons (Fsp3) is 0.179. The Morgan fingerprint density at radius 2 is 1.89 bits per heavy atom. The third-order valence-corrected chi connectivity index (χ3v) is 6.61. The Morgan fingerprint density at radius 1 is 1.08 bits per heavy atom. The summed E-state index contributed by atoms with van der Waals surface area (Å²) in [5.74, 6) is 1.69. The molecule has 186 valence electrons. The Kier molecular flexibility index (Phi) is 5.52. The number of nitrogens with one attached hydrogen (secondary N) is 2. The van der Waals surface area contributed by atoms with Gasteiger partial charge >= 0.3 is 5.97 Å². The number of nitrogens with zero attached hydrogens (tertiary/aromatic N) is 3. The van der Waals surface area contributed by atoms with Gasteiger partial charge in [-0.25, -0.2) is 14.8 Å². The molecule has 0 unspecified atom stereocenters. The molecule has 0 radical (unpaired) electrons. The topological polar surface area (TPSA) is 97.8 Å². The molecule has 0 fully saturated rings. The first-order valence-corrected chi connectivity index (χ1v) is 12.6. The van der Waals surface area contributed by atoms with Gasteiger partial charge in [0, 0.05) is 17.3 Å². The number of benzene rings is 2. The number of carbonyl (C=O) groups is 1. The van der Waals surface area contributed by atoms with Crippen LogP contribution < -0.4 is 4.74 Å². The highest BCUT2D eigenvalue weighted by Gasteiger charge is 2.30. The largest absolute Gasteiger partial charge is 0.465 e. The van der Waals surface area contributed by atoms with E-state index in [0.29, 0.717) is 17.1 Å². The molecule has 2 aromatic carbocycles. The Labute approximate surface area is 221 Å². The monoisotopic (exact) mass is 557 g/mol. The Bertz CT molecular complexity index is 1610. The van der Waals surface area contributed by atoms with Gasteiger partial charge in [0.25, 0.3) is 0 Å². The second kappa shape index (κ2) is 8.77. The van der Waals surface area contributed by atoms with Gasteiger partial charge < -0.3 is 19.4 Å². The standard InChI is InChI=1S/C28H24BrN5O3/c1-28(2,3)37-27(35)19-11-12-30-23(19)24-31-14-20(33-24)17-9-10-18-21(13-17)36-26(16-7-5-4-6-8-16)34-22(29)15-32-25(18)34/h4-15,26,30H,1-3H3,(H,31,33)/t26-/m0/s1. The van der Waals surface area contributed by atoms with Crippen molar-refractivity contribution in [3.05, 3.63) is 88.9 Å². The molecule has 0 spiro atoms. The van der Waals surface area contributed by atoms with Gasteiger partial charge in [-0.2, -0.15) is 0 Å². The molecule has 0 amide bonds. The van der Waals surface area contributed by atoms with E-state index in [2.05, 4.69) is 35.9 Å². The van der Waals surface area contributed by atoms with E-state index in [1.807, 2.05) is 73.9 Å². The van der Waals surface area contributed by atoms with Crippen LogP contribution in [0.3, 0.4) is 0 Å². The summed E-state index contributed by atoms with van der Waals surface area (Å²) in [5, 5.41) is 0. The van der Waals surface area contributed by atoms with Crippen molar-refractivity contribution in [3.8, 4) is 39.9 Å². The second-order valence-corrected chi connectivity index (χ2v) is 10.6. The molecular weight excluding hydrogens is 534 g/mol. The Hall–Kier alpha value is -4.11. The van der Waals surface area contributed by atoms with E-state index in [0.717, 1.165) is 38.6 Å². The number of hydrogen-bond donors (Lipinski definition) is 2. The van der Waals surface area contributed by atoms with Gasteiger partial charge in [-0.1, -0.05) is 36.4 Å². The smallest absolute Gasteiger partial charge is 0.340 e. The average Bonchev–Trinajstić information content (AvgIpc) is 3.62. The van der Waals surface area contributed by atoms with Crippen LogP contribution in [-0.2, 0) is 4.74 Å². The summed E-state index contributed by atoms with van der Waals surface area (Å²) in [6.45, 7) is 5.52. The van der Waals surface area contributed by atoms with E-state index >= 15 is 0 Å². The lowest BCUT2D eigenvalue weighted by molar-refractivity contribution is 0.00706. The minimum Gasteiger partial charge on any atom is -0.465 e. The predicted octanol–water partition coefficient (Wildman–Crippen LogP) is 6.59. The molecule has 6 rings (SSSR count). The van der Waals surface area contributed by atoms with Gasteiger partial charge in [0.1, 0.15) is 21.8 Å². The molecule has 2 N–H and O–H groups in total. The summed E-state index contributed by atoms with van der Waals surface area (Å²) in [7, 11) is 0. The maximum Gasteiger partial charge on any atom is 0.340 e. The van der Waals surface area contributed by atoms with Crippen LogP contribution in [0.2, 0.25) is 0 Å². The number of H-pyrrole nitrogens is 2. The van der Waals surface area contributed by atoms with Crippen LogP contribution in [0.15, 0.2) is 77.8 Å². The van der Waals surface area contributed by atoms with E-state index in [1.165, 1.54) is 0 Å². The second-order valence-electron chi connectivity index (χ2n) is 9.78. The molecule has 0 bridgehead atoms. The number of esters is 1. The summed E-state index contributed by atoms with van der Waals surface area (Å²) in [5.41, 5.74) is 4.01. The summed E-state index contributed by atoms with van der Waals surface area (Å²) in [6.07, 6.45) is 4.87. The molecule has 0 saturated heterocycles. The highest BCUT2D eigenvalue weighted by atomic mass is 79.9. The Morgan fingerprint density at radius 3 is 2.68 bits per heavy atom.